The molecule has 0 saturated carbocycles. The van der Waals surface area contributed by atoms with E-state index in [1.54, 1.807) is 25.2 Å². The second kappa shape index (κ2) is 6.56. The van der Waals surface area contributed by atoms with E-state index in [0.717, 1.165) is 11.3 Å². The van der Waals surface area contributed by atoms with Crippen LogP contribution in [0.3, 0.4) is 0 Å². The van der Waals surface area contributed by atoms with E-state index in [-0.39, 0.29) is 5.91 Å². The molecule has 98 valence electrons. The van der Waals surface area contributed by atoms with Crippen LogP contribution in [0.5, 0.6) is 0 Å². The Labute approximate surface area is 117 Å². The lowest BCUT2D eigenvalue weighted by molar-refractivity contribution is -0.120. The molecule has 1 aromatic carbocycles. The Morgan fingerprint density at radius 1 is 1.56 bits per heavy atom. The number of nitrogens with one attached hydrogen (secondary N) is 1. The maximum Gasteiger partial charge on any atom is 0.221 e. The molecule has 0 saturated heterocycles. The Morgan fingerprint density at radius 2 is 2.22 bits per heavy atom. The smallest absolute Gasteiger partial charge is 0.221 e. The number of hydrogen-bond acceptors (Lipinski definition) is 3. The fourth-order valence-electron chi connectivity index (χ4n) is 1.54. The summed E-state index contributed by atoms with van der Waals surface area (Å²) in [4.78, 5) is 13.4. The molecule has 0 atom stereocenters. The number of nitrogens with zero attached hydrogens (tertiary/aromatic N) is 1. The molecule has 0 unspecified atom stereocenters. The lowest BCUT2D eigenvalue weighted by Gasteiger charge is -2.22. The average Bonchev–Trinajstić information content (AvgIpc) is 2.34. The van der Waals surface area contributed by atoms with Gasteiger partial charge in [-0.2, -0.15) is 0 Å². The monoisotopic (exact) mass is 285 g/mol. The van der Waals surface area contributed by atoms with Gasteiger partial charge in [0, 0.05) is 43.3 Å². The number of hydrogen-bond donors (Lipinski definition) is 2. The van der Waals surface area contributed by atoms with Gasteiger partial charge >= 0.3 is 0 Å². The summed E-state index contributed by atoms with van der Waals surface area (Å²) >= 11 is 11.0. The maximum atomic E-state index is 11.2. The average molecular weight is 286 g/mol. The highest BCUT2D eigenvalue weighted by atomic mass is 35.5. The molecule has 6 heteroatoms. The zero-order valence-electron chi connectivity index (χ0n) is 10.4. The first-order valence-electron chi connectivity index (χ1n) is 5.46. The number of amides is 1. The highest BCUT2D eigenvalue weighted by Crippen LogP contribution is 2.24. The van der Waals surface area contributed by atoms with Crippen LogP contribution >= 0.6 is 23.8 Å². The van der Waals surface area contributed by atoms with E-state index >= 15 is 0 Å². The van der Waals surface area contributed by atoms with E-state index in [0.29, 0.717) is 23.0 Å². The van der Waals surface area contributed by atoms with Crippen LogP contribution in [0.15, 0.2) is 18.2 Å². The number of benzene rings is 1. The summed E-state index contributed by atoms with van der Waals surface area (Å²) in [5.41, 5.74) is 7.26. The molecule has 0 radical (unpaired) electrons. The van der Waals surface area contributed by atoms with Crippen molar-refractivity contribution in [3.8, 4) is 0 Å². The molecule has 0 aliphatic carbocycles. The zero-order chi connectivity index (χ0) is 13.7. The standard InChI is InChI=1S/C12H16ClN3OS/c1-15-11(17)5-6-16(2)10-7-8(13)3-4-9(10)12(14)18/h3-4,7H,5-6H2,1-2H3,(H2,14,18)(H,15,17). The molecular formula is C12H16ClN3OS. The van der Waals surface area contributed by atoms with Crippen molar-refractivity contribution in [1.29, 1.82) is 0 Å². The van der Waals surface area contributed by atoms with Gasteiger partial charge in [-0.25, -0.2) is 0 Å². The predicted octanol–water partition coefficient (Wildman–Crippen LogP) is 1.55. The van der Waals surface area contributed by atoms with Crippen LogP contribution in [-0.4, -0.2) is 31.5 Å². The topological polar surface area (TPSA) is 58.4 Å². The van der Waals surface area contributed by atoms with Crippen LogP contribution in [0.4, 0.5) is 5.69 Å². The van der Waals surface area contributed by atoms with Gasteiger partial charge in [0.05, 0.1) is 0 Å². The van der Waals surface area contributed by atoms with Gasteiger partial charge in [-0.05, 0) is 18.2 Å². The lowest BCUT2D eigenvalue weighted by Crippen LogP contribution is -2.28. The van der Waals surface area contributed by atoms with Crippen molar-refractivity contribution >= 4 is 40.4 Å². The molecule has 1 rings (SSSR count). The third-order valence-electron chi connectivity index (χ3n) is 2.59. The number of rotatable bonds is 5. The third kappa shape index (κ3) is 3.85. The van der Waals surface area contributed by atoms with Crippen molar-refractivity contribution in [2.24, 2.45) is 5.73 Å². The summed E-state index contributed by atoms with van der Waals surface area (Å²) in [7, 11) is 3.48. The minimum absolute atomic E-state index is 0.0132. The molecule has 1 aromatic rings. The Hall–Kier alpha value is -1.33. The third-order valence-corrected chi connectivity index (χ3v) is 3.04. The van der Waals surface area contributed by atoms with Gasteiger partial charge in [-0.3, -0.25) is 4.79 Å². The van der Waals surface area contributed by atoms with Crippen molar-refractivity contribution in [2.75, 3.05) is 25.5 Å². The Bertz CT molecular complexity index is 465. The molecule has 0 heterocycles. The number of carbonyl (C=O) groups is 1. The van der Waals surface area contributed by atoms with Crippen molar-refractivity contribution in [3.63, 3.8) is 0 Å². The molecule has 0 spiro atoms. The predicted molar refractivity (Wildman–Crippen MR) is 79.3 cm³/mol. The molecule has 0 aromatic heterocycles. The SMILES string of the molecule is CNC(=O)CCN(C)c1cc(Cl)ccc1C(N)=S. The normalized spacial score (nSPS) is 9.94. The summed E-state index contributed by atoms with van der Waals surface area (Å²) in [6.45, 7) is 0.565. The van der Waals surface area contributed by atoms with E-state index in [1.165, 1.54) is 0 Å². The highest BCUT2D eigenvalue weighted by Gasteiger charge is 2.11. The van der Waals surface area contributed by atoms with Gasteiger partial charge < -0.3 is 16.0 Å². The number of thiocarbonyl (C=S) groups is 1. The van der Waals surface area contributed by atoms with Gasteiger partial charge in [0.1, 0.15) is 4.99 Å². The number of carbonyl (C=O) groups excluding carboxylic acids is 1. The Morgan fingerprint density at radius 3 is 2.78 bits per heavy atom. The summed E-state index contributed by atoms with van der Waals surface area (Å²) in [6.07, 6.45) is 0.399. The van der Waals surface area contributed by atoms with E-state index in [4.69, 9.17) is 29.6 Å². The first-order chi connectivity index (χ1) is 8.45. The summed E-state index contributed by atoms with van der Waals surface area (Å²) in [5, 5.41) is 3.19. The van der Waals surface area contributed by atoms with Crippen LogP contribution < -0.4 is 16.0 Å². The molecule has 0 aliphatic rings. The van der Waals surface area contributed by atoms with Crippen molar-refractivity contribution < 1.29 is 4.79 Å². The van der Waals surface area contributed by atoms with E-state index in [9.17, 15) is 4.79 Å². The minimum Gasteiger partial charge on any atom is -0.389 e. The van der Waals surface area contributed by atoms with Crippen molar-refractivity contribution in [1.82, 2.24) is 5.32 Å². The molecule has 1 amide bonds. The van der Waals surface area contributed by atoms with Crippen molar-refractivity contribution in [3.05, 3.63) is 28.8 Å². The van der Waals surface area contributed by atoms with Crippen LogP contribution in [0.25, 0.3) is 0 Å². The van der Waals surface area contributed by atoms with Crippen LogP contribution in [-0.2, 0) is 4.79 Å². The van der Waals surface area contributed by atoms with E-state index in [1.807, 2.05) is 11.9 Å². The molecule has 18 heavy (non-hydrogen) atoms. The first kappa shape index (κ1) is 14.7. The van der Waals surface area contributed by atoms with E-state index in [2.05, 4.69) is 5.32 Å². The zero-order valence-corrected chi connectivity index (χ0v) is 11.9. The Kier molecular flexibility index (Phi) is 5.37. The van der Waals surface area contributed by atoms with Gasteiger partial charge in [-0.1, -0.05) is 23.8 Å². The minimum atomic E-state index is -0.0132. The molecule has 4 nitrogen and oxygen atoms in total. The van der Waals surface area contributed by atoms with Crippen LogP contribution in [0, 0.1) is 0 Å². The highest BCUT2D eigenvalue weighted by molar-refractivity contribution is 7.80. The molecular weight excluding hydrogens is 270 g/mol. The maximum absolute atomic E-state index is 11.2. The fourth-order valence-corrected chi connectivity index (χ4v) is 1.88. The van der Waals surface area contributed by atoms with E-state index < -0.39 is 0 Å². The van der Waals surface area contributed by atoms with Gasteiger partial charge in [0.2, 0.25) is 5.91 Å². The number of anilines is 1. The summed E-state index contributed by atoms with van der Waals surface area (Å²) < 4.78 is 0. The quantitative estimate of drug-likeness (QED) is 0.806. The molecule has 0 fully saturated rings. The van der Waals surface area contributed by atoms with Gasteiger partial charge in [0.15, 0.2) is 0 Å². The molecule has 0 bridgehead atoms. The number of halogens is 1. The largest absolute Gasteiger partial charge is 0.389 e. The molecule has 0 aliphatic heterocycles. The first-order valence-corrected chi connectivity index (χ1v) is 6.25. The summed E-state index contributed by atoms with van der Waals surface area (Å²) in [5.74, 6) is -0.0132. The van der Waals surface area contributed by atoms with Crippen LogP contribution in [0.2, 0.25) is 5.02 Å². The lowest BCUT2D eigenvalue weighted by atomic mass is 10.1. The second-order valence-electron chi connectivity index (χ2n) is 3.87. The van der Waals surface area contributed by atoms with Gasteiger partial charge in [-0.15, -0.1) is 0 Å². The second-order valence-corrected chi connectivity index (χ2v) is 4.75. The van der Waals surface area contributed by atoms with Crippen LogP contribution in [0.1, 0.15) is 12.0 Å². The molecule has 3 N–H and O–H groups in total. The number of nitrogens with two attached hydrogens (primary N) is 1. The van der Waals surface area contributed by atoms with Crippen molar-refractivity contribution in [2.45, 2.75) is 6.42 Å². The fraction of sp³-hybridized carbons (Fsp3) is 0.333. The summed E-state index contributed by atoms with van der Waals surface area (Å²) in [6, 6.07) is 5.32. The Balaban J connectivity index is 2.89. The van der Waals surface area contributed by atoms with Gasteiger partial charge in [0.25, 0.3) is 0 Å².